The van der Waals surface area contributed by atoms with Crippen LogP contribution in [-0.2, 0) is 6.54 Å². The van der Waals surface area contributed by atoms with Crippen molar-refractivity contribution in [1.29, 1.82) is 0 Å². The summed E-state index contributed by atoms with van der Waals surface area (Å²) in [5.74, 6) is -0.339. The number of carbonyl (C=O) groups excluding carboxylic acids is 1. The SMILES string of the molecule is NC(=O)N(Cc1ccc(F)cc1)c1cccnc1Cl. The van der Waals surface area contributed by atoms with Crippen LogP contribution in [0.1, 0.15) is 5.56 Å². The Balaban J connectivity index is 2.29. The van der Waals surface area contributed by atoms with Crippen LogP contribution >= 0.6 is 11.6 Å². The predicted octanol–water partition coefficient (Wildman–Crippen LogP) is 2.96. The molecule has 0 atom stereocenters. The maximum absolute atomic E-state index is 12.8. The molecule has 0 saturated carbocycles. The van der Waals surface area contributed by atoms with Crippen molar-refractivity contribution in [3.05, 3.63) is 59.1 Å². The molecule has 0 radical (unpaired) electrons. The Morgan fingerprint density at radius 1 is 1.32 bits per heavy atom. The molecule has 0 unspecified atom stereocenters. The van der Waals surface area contributed by atoms with Crippen molar-refractivity contribution in [2.45, 2.75) is 6.54 Å². The number of primary amides is 1. The monoisotopic (exact) mass is 279 g/mol. The number of pyridine rings is 1. The standard InChI is InChI=1S/C13H11ClFN3O/c14-12-11(2-1-7-17-12)18(13(16)19)8-9-3-5-10(15)6-4-9/h1-7H,8H2,(H2,16,19). The van der Waals surface area contributed by atoms with E-state index in [1.807, 2.05) is 0 Å². The van der Waals surface area contributed by atoms with Crippen molar-refractivity contribution in [1.82, 2.24) is 4.98 Å². The minimum absolute atomic E-state index is 0.184. The van der Waals surface area contributed by atoms with Gasteiger partial charge in [-0.1, -0.05) is 23.7 Å². The number of halogens is 2. The van der Waals surface area contributed by atoms with E-state index in [0.29, 0.717) is 5.69 Å². The zero-order chi connectivity index (χ0) is 13.8. The van der Waals surface area contributed by atoms with Crippen LogP contribution in [0.5, 0.6) is 0 Å². The second-order valence-electron chi connectivity index (χ2n) is 3.86. The van der Waals surface area contributed by atoms with Gasteiger partial charge in [-0.05, 0) is 29.8 Å². The van der Waals surface area contributed by atoms with Crippen LogP contribution in [0.4, 0.5) is 14.9 Å². The first-order chi connectivity index (χ1) is 9.08. The van der Waals surface area contributed by atoms with E-state index in [0.717, 1.165) is 5.56 Å². The normalized spacial score (nSPS) is 10.2. The third-order valence-electron chi connectivity index (χ3n) is 2.55. The zero-order valence-corrected chi connectivity index (χ0v) is 10.6. The number of nitrogens with two attached hydrogens (primary N) is 1. The van der Waals surface area contributed by atoms with Crippen LogP contribution in [0.3, 0.4) is 0 Å². The van der Waals surface area contributed by atoms with Gasteiger partial charge in [-0.2, -0.15) is 0 Å². The molecule has 0 fully saturated rings. The maximum atomic E-state index is 12.8. The fourth-order valence-corrected chi connectivity index (χ4v) is 1.85. The molecule has 6 heteroatoms. The number of aromatic nitrogens is 1. The lowest BCUT2D eigenvalue weighted by atomic mass is 10.2. The van der Waals surface area contributed by atoms with Gasteiger partial charge in [-0.25, -0.2) is 14.2 Å². The van der Waals surface area contributed by atoms with Crippen molar-refractivity contribution in [2.75, 3.05) is 4.90 Å². The lowest BCUT2D eigenvalue weighted by Gasteiger charge is -2.21. The first-order valence-corrected chi connectivity index (χ1v) is 5.87. The van der Waals surface area contributed by atoms with Crippen molar-refractivity contribution < 1.29 is 9.18 Å². The molecular formula is C13H11ClFN3O. The molecule has 1 aromatic carbocycles. The number of nitrogens with zero attached hydrogens (tertiary/aromatic N) is 2. The summed E-state index contributed by atoms with van der Waals surface area (Å²) in [7, 11) is 0. The molecule has 19 heavy (non-hydrogen) atoms. The van der Waals surface area contributed by atoms with Crippen molar-refractivity contribution in [3.8, 4) is 0 Å². The Labute approximate surface area is 114 Å². The Bertz CT molecular complexity index is 589. The highest BCUT2D eigenvalue weighted by atomic mass is 35.5. The van der Waals surface area contributed by atoms with Gasteiger partial charge in [0.1, 0.15) is 5.82 Å². The first kappa shape index (κ1) is 13.3. The molecule has 98 valence electrons. The summed E-state index contributed by atoms with van der Waals surface area (Å²) in [5.41, 5.74) is 6.50. The van der Waals surface area contributed by atoms with Crippen LogP contribution in [0.2, 0.25) is 5.15 Å². The molecule has 1 aromatic heterocycles. The molecular weight excluding hydrogens is 269 g/mol. The fraction of sp³-hybridized carbons (Fsp3) is 0.0769. The quantitative estimate of drug-likeness (QED) is 0.878. The van der Waals surface area contributed by atoms with E-state index in [-0.39, 0.29) is 17.5 Å². The number of benzene rings is 1. The van der Waals surface area contributed by atoms with Gasteiger partial charge in [-0.3, -0.25) is 4.90 Å². The molecule has 2 N–H and O–H groups in total. The highest BCUT2D eigenvalue weighted by Crippen LogP contribution is 2.24. The fourth-order valence-electron chi connectivity index (χ4n) is 1.63. The molecule has 0 aliphatic heterocycles. The molecule has 2 amide bonds. The van der Waals surface area contributed by atoms with Crippen molar-refractivity contribution in [2.24, 2.45) is 5.73 Å². The summed E-state index contributed by atoms with van der Waals surface area (Å²) in [6.45, 7) is 0.195. The van der Waals surface area contributed by atoms with Gasteiger partial charge in [0.05, 0.1) is 12.2 Å². The lowest BCUT2D eigenvalue weighted by Crippen LogP contribution is -2.35. The Hall–Kier alpha value is -2.14. The molecule has 2 rings (SSSR count). The number of hydrogen-bond donors (Lipinski definition) is 1. The van der Waals surface area contributed by atoms with Crippen molar-refractivity contribution >= 4 is 23.3 Å². The summed E-state index contributed by atoms with van der Waals surface area (Å²) in [6.07, 6.45) is 1.52. The first-order valence-electron chi connectivity index (χ1n) is 5.50. The van der Waals surface area contributed by atoms with Crippen LogP contribution in [0, 0.1) is 5.82 Å². The van der Waals surface area contributed by atoms with Gasteiger partial charge >= 0.3 is 6.03 Å². The Morgan fingerprint density at radius 3 is 2.58 bits per heavy atom. The van der Waals surface area contributed by atoms with E-state index in [9.17, 15) is 9.18 Å². The molecule has 1 heterocycles. The van der Waals surface area contributed by atoms with Crippen LogP contribution in [0.15, 0.2) is 42.6 Å². The number of urea groups is 1. The van der Waals surface area contributed by atoms with E-state index in [1.54, 1.807) is 24.3 Å². The predicted molar refractivity (Wildman–Crippen MR) is 71.4 cm³/mol. The second kappa shape index (κ2) is 5.67. The smallest absolute Gasteiger partial charge is 0.319 e. The third kappa shape index (κ3) is 3.20. The Kier molecular flexibility index (Phi) is 3.97. The molecule has 0 saturated heterocycles. The van der Waals surface area contributed by atoms with Crippen LogP contribution in [-0.4, -0.2) is 11.0 Å². The second-order valence-corrected chi connectivity index (χ2v) is 4.22. The van der Waals surface area contributed by atoms with Gasteiger partial charge in [0.2, 0.25) is 0 Å². The maximum Gasteiger partial charge on any atom is 0.319 e. The number of amides is 2. The summed E-state index contributed by atoms with van der Waals surface area (Å²) in [4.78, 5) is 16.7. The average Bonchev–Trinajstić information content (AvgIpc) is 2.39. The highest BCUT2D eigenvalue weighted by Gasteiger charge is 2.16. The highest BCUT2D eigenvalue weighted by molar-refractivity contribution is 6.32. The van der Waals surface area contributed by atoms with Crippen LogP contribution in [0.25, 0.3) is 0 Å². The van der Waals surface area contributed by atoms with E-state index >= 15 is 0 Å². The summed E-state index contributed by atoms with van der Waals surface area (Å²) in [5, 5.41) is 0.184. The van der Waals surface area contributed by atoms with E-state index in [2.05, 4.69) is 4.98 Å². The topological polar surface area (TPSA) is 59.2 Å². The van der Waals surface area contributed by atoms with E-state index < -0.39 is 6.03 Å². The molecule has 2 aromatic rings. The van der Waals surface area contributed by atoms with Gasteiger partial charge in [-0.15, -0.1) is 0 Å². The van der Waals surface area contributed by atoms with Gasteiger partial charge in [0, 0.05) is 6.20 Å². The molecule has 4 nitrogen and oxygen atoms in total. The molecule has 0 bridgehead atoms. The van der Waals surface area contributed by atoms with Crippen molar-refractivity contribution in [3.63, 3.8) is 0 Å². The lowest BCUT2D eigenvalue weighted by molar-refractivity contribution is 0.253. The Morgan fingerprint density at radius 2 is 2.00 bits per heavy atom. The summed E-state index contributed by atoms with van der Waals surface area (Å²) < 4.78 is 12.8. The van der Waals surface area contributed by atoms with Gasteiger partial charge in [0.25, 0.3) is 0 Å². The van der Waals surface area contributed by atoms with E-state index in [1.165, 1.54) is 23.2 Å². The largest absolute Gasteiger partial charge is 0.351 e. The molecule has 0 aliphatic rings. The zero-order valence-electron chi connectivity index (χ0n) is 9.88. The summed E-state index contributed by atoms with van der Waals surface area (Å²) >= 11 is 5.93. The number of rotatable bonds is 3. The van der Waals surface area contributed by atoms with E-state index in [4.69, 9.17) is 17.3 Å². The van der Waals surface area contributed by atoms with Gasteiger partial charge < -0.3 is 5.73 Å². The number of anilines is 1. The van der Waals surface area contributed by atoms with Gasteiger partial charge in [0.15, 0.2) is 5.15 Å². The average molecular weight is 280 g/mol. The number of carbonyl (C=O) groups is 1. The molecule has 0 spiro atoms. The minimum atomic E-state index is -0.653. The molecule has 0 aliphatic carbocycles. The number of hydrogen-bond acceptors (Lipinski definition) is 2. The minimum Gasteiger partial charge on any atom is -0.351 e. The third-order valence-corrected chi connectivity index (χ3v) is 2.84. The van der Waals surface area contributed by atoms with Crippen LogP contribution < -0.4 is 10.6 Å². The summed E-state index contributed by atoms with van der Waals surface area (Å²) in [6, 6.07) is 8.44.